The summed E-state index contributed by atoms with van der Waals surface area (Å²) in [5.74, 6) is -0.527. The van der Waals surface area contributed by atoms with Crippen molar-refractivity contribution in [2.45, 2.75) is 45.6 Å². The third kappa shape index (κ3) is 12.0. The van der Waals surface area contributed by atoms with Gasteiger partial charge in [-0.25, -0.2) is 9.59 Å². The molecular formula is C60H53N3O8Si. The van der Waals surface area contributed by atoms with Gasteiger partial charge < -0.3 is 19.6 Å². The van der Waals surface area contributed by atoms with Crippen LogP contribution in [0.3, 0.4) is 0 Å². The van der Waals surface area contributed by atoms with Gasteiger partial charge in [0.05, 0.1) is 6.61 Å². The second kappa shape index (κ2) is 22.4. The van der Waals surface area contributed by atoms with E-state index < -0.39 is 20.5 Å². The van der Waals surface area contributed by atoms with Crippen molar-refractivity contribution in [2.24, 2.45) is 0 Å². The van der Waals surface area contributed by atoms with E-state index in [0.717, 1.165) is 5.56 Å². The number of nitrogens with two attached hydrogens (primary N) is 1. The Bertz CT molecular complexity index is 3120. The van der Waals surface area contributed by atoms with Gasteiger partial charge in [0.25, 0.3) is 8.32 Å². The maximum atomic E-state index is 13.5. The molecular weight excluding hydrogens is 919 g/mol. The Morgan fingerprint density at radius 2 is 0.694 bits per heavy atom. The molecule has 2 amide bonds. The van der Waals surface area contributed by atoms with E-state index in [2.05, 4.69) is 79.9 Å². The van der Waals surface area contributed by atoms with Gasteiger partial charge in [-0.15, -0.1) is 0 Å². The van der Waals surface area contributed by atoms with Gasteiger partial charge in [-0.3, -0.25) is 25.0 Å². The summed E-state index contributed by atoms with van der Waals surface area (Å²) < 4.78 is 17.9. The highest BCUT2D eigenvalue weighted by Crippen LogP contribution is 2.37. The number of carbonyl (C=O) groups excluding carboxylic acids is 5. The van der Waals surface area contributed by atoms with Crippen molar-refractivity contribution in [3.63, 3.8) is 0 Å². The van der Waals surface area contributed by atoms with Crippen molar-refractivity contribution in [1.82, 2.24) is 0 Å². The molecule has 11 nitrogen and oxygen atoms in total. The van der Waals surface area contributed by atoms with Crippen molar-refractivity contribution in [2.75, 3.05) is 16.4 Å². The van der Waals surface area contributed by atoms with Crippen LogP contribution in [0.1, 0.15) is 85.2 Å². The number of benzene rings is 8. The second-order valence-electron chi connectivity index (χ2n) is 18.2. The fraction of sp³-hybridized carbons (Fsp3) is 0.117. The summed E-state index contributed by atoms with van der Waals surface area (Å²) in [4.78, 5) is 64.7. The molecule has 8 rings (SSSR count). The number of hydrogen-bond acceptors (Lipinski definition) is 9. The summed E-state index contributed by atoms with van der Waals surface area (Å²) in [5.41, 5.74) is 12.4. The minimum absolute atomic E-state index is 0.0107. The lowest BCUT2D eigenvalue weighted by Gasteiger charge is -2.43. The SMILES string of the molecule is CC(C)(C)[Si](OCc1ccc(C(=O)c2ccc(NC(=O)OCc3ccc(C(=O)c4ccc(NC(=O)OCc5ccc(C(=O)c6ccc(N)cc6)cc5)cc4)cc3)cc2)cc1)(c1ccccc1)c1ccccc1. The third-order valence-corrected chi connectivity index (χ3v) is 17.2. The third-order valence-electron chi connectivity index (χ3n) is 12.2. The summed E-state index contributed by atoms with van der Waals surface area (Å²) in [7, 11) is -2.73. The van der Waals surface area contributed by atoms with Gasteiger partial charge in [-0.05, 0) is 105 Å². The number of rotatable bonds is 17. The van der Waals surface area contributed by atoms with Gasteiger partial charge in [-0.1, -0.05) is 154 Å². The summed E-state index contributed by atoms with van der Waals surface area (Å²) in [6, 6.07) is 61.7. The van der Waals surface area contributed by atoms with E-state index in [4.69, 9.17) is 19.6 Å². The van der Waals surface area contributed by atoms with Gasteiger partial charge in [0.1, 0.15) is 13.2 Å². The summed E-state index contributed by atoms with van der Waals surface area (Å²) in [6.45, 7) is 7.07. The number of ketones is 3. The first-order valence-electron chi connectivity index (χ1n) is 23.3. The Balaban J connectivity index is 0.773. The van der Waals surface area contributed by atoms with Gasteiger partial charge in [0.2, 0.25) is 0 Å². The molecule has 8 aromatic rings. The van der Waals surface area contributed by atoms with E-state index in [1.165, 1.54) is 10.4 Å². The standard InChI is InChI=1S/C60H53N3O8Si/c1-60(2,3)72(53-10-6-4-7-11-53,54-12-8-5-9-13-54)71-40-43-18-24-46(25-19-43)57(66)49-30-36-52(37-31-49)63-59(68)70-39-42-16-22-45(23-17-42)56(65)48-28-34-51(35-29-48)62-58(67)69-38-41-14-20-44(21-15-41)55(64)47-26-32-50(61)33-27-47/h4-37H,38-40,61H2,1-3H3,(H,62,67)(H,63,68). The molecule has 0 aliphatic carbocycles. The van der Waals surface area contributed by atoms with Crippen LogP contribution in [0.25, 0.3) is 0 Å². The molecule has 0 spiro atoms. The van der Waals surface area contributed by atoms with E-state index >= 15 is 0 Å². The second-order valence-corrected chi connectivity index (χ2v) is 22.5. The zero-order valence-corrected chi connectivity index (χ0v) is 41.1. The van der Waals surface area contributed by atoms with Gasteiger partial charge in [0.15, 0.2) is 17.3 Å². The van der Waals surface area contributed by atoms with Gasteiger partial charge >= 0.3 is 12.2 Å². The molecule has 0 aromatic heterocycles. The first-order valence-corrected chi connectivity index (χ1v) is 25.3. The number of carbonyl (C=O) groups is 5. The maximum absolute atomic E-state index is 13.5. The molecule has 360 valence electrons. The lowest BCUT2D eigenvalue weighted by Crippen LogP contribution is -2.66. The van der Waals surface area contributed by atoms with Gasteiger partial charge in [0, 0.05) is 50.4 Å². The van der Waals surface area contributed by atoms with Crippen LogP contribution in [0.15, 0.2) is 206 Å². The molecule has 72 heavy (non-hydrogen) atoms. The Morgan fingerprint density at radius 1 is 0.403 bits per heavy atom. The smallest absolute Gasteiger partial charge is 0.411 e. The maximum Gasteiger partial charge on any atom is 0.411 e. The van der Waals surface area contributed by atoms with Crippen LogP contribution in [0.4, 0.5) is 26.7 Å². The molecule has 0 atom stereocenters. The van der Waals surface area contributed by atoms with Crippen molar-refractivity contribution in [3.8, 4) is 0 Å². The van der Waals surface area contributed by atoms with Crippen molar-refractivity contribution >= 4 is 65.3 Å². The number of hydrogen-bond donors (Lipinski definition) is 3. The van der Waals surface area contributed by atoms with E-state index in [9.17, 15) is 24.0 Å². The molecule has 0 radical (unpaired) electrons. The van der Waals surface area contributed by atoms with Crippen molar-refractivity contribution < 1.29 is 37.9 Å². The Morgan fingerprint density at radius 3 is 1.01 bits per heavy atom. The average Bonchev–Trinajstić information content (AvgIpc) is 3.40. The predicted molar refractivity (Wildman–Crippen MR) is 283 cm³/mol. The minimum atomic E-state index is -2.73. The zero-order chi connectivity index (χ0) is 50.7. The largest absolute Gasteiger partial charge is 0.444 e. The highest BCUT2D eigenvalue weighted by molar-refractivity contribution is 6.99. The molecule has 0 bridgehead atoms. The van der Waals surface area contributed by atoms with Crippen LogP contribution in [-0.4, -0.2) is 37.9 Å². The molecule has 4 N–H and O–H groups in total. The number of nitrogens with one attached hydrogen (secondary N) is 2. The van der Waals surface area contributed by atoms with Crippen LogP contribution in [-0.2, 0) is 33.7 Å². The lowest BCUT2D eigenvalue weighted by molar-refractivity contribution is 0.103. The highest BCUT2D eigenvalue weighted by atomic mass is 28.4. The first-order chi connectivity index (χ1) is 34.8. The summed E-state index contributed by atoms with van der Waals surface area (Å²) in [6.07, 6.45) is -1.36. The van der Waals surface area contributed by atoms with E-state index in [0.29, 0.717) is 68.2 Å². The van der Waals surface area contributed by atoms with Crippen LogP contribution in [0, 0.1) is 0 Å². The summed E-state index contributed by atoms with van der Waals surface area (Å²) >= 11 is 0. The van der Waals surface area contributed by atoms with Crippen molar-refractivity contribution in [3.05, 3.63) is 256 Å². The zero-order valence-electron chi connectivity index (χ0n) is 40.1. The minimum Gasteiger partial charge on any atom is -0.444 e. The molecule has 0 heterocycles. The topological polar surface area (TPSA) is 163 Å². The van der Waals surface area contributed by atoms with E-state index in [1.54, 1.807) is 121 Å². The molecule has 0 unspecified atom stereocenters. The molecule has 0 saturated carbocycles. The Kier molecular flexibility index (Phi) is 15.4. The Labute approximate surface area is 419 Å². The first kappa shape index (κ1) is 49.7. The van der Waals surface area contributed by atoms with Gasteiger partial charge in [-0.2, -0.15) is 0 Å². The molecule has 0 aliphatic heterocycles. The summed E-state index contributed by atoms with van der Waals surface area (Å²) in [5, 5.41) is 7.58. The normalized spacial score (nSPS) is 11.3. The molecule has 12 heteroatoms. The van der Waals surface area contributed by atoms with Crippen LogP contribution in [0.5, 0.6) is 0 Å². The molecule has 0 fully saturated rings. The molecule has 0 saturated heterocycles. The number of amides is 2. The number of ether oxygens (including phenoxy) is 2. The number of anilines is 3. The quantitative estimate of drug-likeness (QED) is 0.0458. The molecule has 0 aliphatic rings. The number of nitrogen functional groups attached to an aromatic ring is 1. The lowest BCUT2D eigenvalue weighted by atomic mass is 10.0. The molecule has 8 aromatic carbocycles. The van der Waals surface area contributed by atoms with E-state index in [-0.39, 0.29) is 35.6 Å². The van der Waals surface area contributed by atoms with E-state index in [1.807, 2.05) is 36.4 Å². The fourth-order valence-corrected chi connectivity index (χ4v) is 12.9. The van der Waals surface area contributed by atoms with Crippen molar-refractivity contribution in [1.29, 1.82) is 0 Å². The Hall–Kier alpha value is -8.71. The fourth-order valence-electron chi connectivity index (χ4n) is 8.36. The van der Waals surface area contributed by atoms with Crippen LogP contribution >= 0.6 is 0 Å². The monoisotopic (exact) mass is 971 g/mol. The van der Waals surface area contributed by atoms with Crippen LogP contribution < -0.4 is 26.7 Å². The van der Waals surface area contributed by atoms with Crippen LogP contribution in [0.2, 0.25) is 5.04 Å². The highest BCUT2D eigenvalue weighted by Gasteiger charge is 2.50. The average molecular weight is 972 g/mol. The predicted octanol–water partition coefficient (Wildman–Crippen LogP) is 11.5.